The monoisotopic (exact) mass is 466 g/mol. The molecule has 32 heavy (non-hydrogen) atoms. The van der Waals surface area contributed by atoms with Gasteiger partial charge in [0.15, 0.2) is 0 Å². The summed E-state index contributed by atoms with van der Waals surface area (Å²) in [6.45, 7) is 10.7. The lowest BCUT2D eigenvalue weighted by molar-refractivity contribution is -0.109. The van der Waals surface area contributed by atoms with Crippen molar-refractivity contribution in [1.82, 2.24) is 10.2 Å². The van der Waals surface area contributed by atoms with E-state index in [-0.39, 0.29) is 0 Å². The van der Waals surface area contributed by atoms with Crippen LogP contribution in [0, 0.1) is 11.8 Å². The molecule has 1 heterocycles. The summed E-state index contributed by atoms with van der Waals surface area (Å²) < 4.78 is 5.21. The Bertz CT molecular complexity index is 592. The van der Waals surface area contributed by atoms with Gasteiger partial charge in [-0.25, -0.2) is 4.79 Å². The standard InChI is InChI=1S/C26H46N2O3S/c1-6-20-16-23(20)24-17-22(18-28(24)5)32-15-13-11-9-7-8-10-12-14-21(19-29)27-25(30)31-26(2,3)4/h6,19-24H,1,7-18H2,2-5H3,(H,27,30)/t20-,21?,22?,23?,24?/m1/s1. The zero-order valence-electron chi connectivity index (χ0n) is 20.8. The van der Waals surface area contributed by atoms with Crippen LogP contribution < -0.4 is 5.32 Å². The Hall–Kier alpha value is -1.01. The molecule has 0 aromatic heterocycles. The number of carbonyl (C=O) groups excluding carboxylic acids is 2. The van der Waals surface area contributed by atoms with Crippen LogP contribution in [0.3, 0.4) is 0 Å². The summed E-state index contributed by atoms with van der Waals surface area (Å²) >= 11 is 2.19. The van der Waals surface area contributed by atoms with Crippen molar-refractivity contribution in [2.75, 3.05) is 19.3 Å². The van der Waals surface area contributed by atoms with Crippen molar-refractivity contribution in [2.45, 2.75) is 108 Å². The van der Waals surface area contributed by atoms with Crippen molar-refractivity contribution >= 4 is 24.1 Å². The summed E-state index contributed by atoms with van der Waals surface area (Å²) in [6, 6.07) is 0.340. The van der Waals surface area contributed by atoms with E-state index in [1.807, 2.05) is 20.8 Å². The topological polar surface area (TPSA) is 58.6 Å². The van der Waals surface area contributed by atoms with Gasteiger partial charge >= 0.3 is 6.09 Å². The van der Waals surface area contributed by atoms with Crippen LogP contribution in [0.15, 0.2) is 12.7 Å². The molecule has 1 aliphatic carbocycles. The second kappa shape index (κ2) is 13.6. The van der Waals surface area contributed by atoms with Gasteiger partial charge < -0.3 is 19.7 Å². The highest BCUT2D eigenvalue weighted by atomic mass is 32.2. The summed E-state index contributed by atoms with van der Waals surface area (Å²) in [5.41, 5.74) is -0.544. The van der Waals surface area contributed by atoms with Crippen molar-refractivity contribution in [3.8, 4) is 0 Å². The molecule has 2 aliphatic rings. The van der Waals surface area contributed by atoms with E-state index in [4.69, 9.17) is 4.74 Å². The number of likely N-dealkylation sites (tertiary alicyclic amines) is 1. The molecule has 1 amide bonds. The van der Waals surface area contributed by atoms with E-state index in [0.717, 1.165) is 42.3 Å². The van der Waals surface area contributed by atoms with Gasteiger partial charge in [0.1, 0.15) is 11.9 Å². The molecule has 5 nitrogen and oxygen atoms in total. The smallest absolute Gasteiger partial charge is 0.408 e. The van der Waals surface area contributed by atoms with Gasteiger partial charge in [-0.05, 0) is 71.1 Å². The van der Waals surface area contributed by atoms with Gasteiger partial charge in [-0.15, -0.1) is 6.58 Å². The van der Waals surface area contributed by atoms with Gasteiger partial charge in [-0.2, -0.15) is 11.8 Å². The van der Waals surface area contributed by atoms with E-state index in [2.05, 4.69) is 41.7 Å². The predicted molar refractivity (Wildman–Crippen MR) is 135 cm³/mol. The zero-order valence-corrected chi connectivity index (χ0v) is 21.6. The summed E-state index contributed by atoms with van der Waals surface area (Å²) in [4.78, 5) is 25.5. The van der Waals surface area contributed by atoms with Crippen LogP contribution in [0.5, 0.6) is 0 Å². The molecule has 1 saturated heterocycles. The van der Waals surface area contributed by atoms with Gasteiger partial charge in [0, 0.05) is 17.8 Å². The van der Waals surface area contributed by atoms with Gasteiger partial charge in [-0.3, -0.25) is 0 Å². The minimum absolute atomic E-state index is 0.446. The first kappa shape index (κ1) is 27.2. The van der Waals surface area contributed by atoms with Crippen molar-refractivity contribution in [2.24, 2.45) is 11.8 Å². The maximum absolute atomic E-state index is 11.8. The number of ether oxygens (including phenoxy) is 1. The molecule has 4 unspecified atom stereocenters. The van der Waals surface area contributed by atoms with E-state index in [0.29, 0.717) is 6.42 Å². The van der Waals surface area contributed by atoms with Crippen molar-refractivity contribution in [3.63, 3.8) is 0 Å². The largest absolute Gasteiger partial charge is 0.444 e. The van der Waals surface area contributed by atoms with Crippen LogP contribution >= 0.6 is 11.8 Å². The molecule has 1 aliphatic heterocycles. The first-order chi connectivity index (χ1) is 15.2. The number of allylic oxidation sites excluding steroid dienone is 1. The van der Waals surface area contributed by atoms with E-state index in [1.54, 1.807) is 0 Å². The van der Waals surface area contributed by atoms with Crippen molar-refractivity contribution in [1.29, 1.82) is 0 Å². The molecule has 2 rings (SSSR count). The average molecular weight is 467 g/mol. The molecule has 0 spiro atoms. The summed E-state index contributed by atoms with van der Waals surface area (Å²) in [5, 5.41) is 3.47. The van der Waals surface area contributed by atoms with Crippen molar-refractivity contribution < 1.29 is 14.3 Å². The Morgan fingerprint density at radius 3 is 2.41 bits per heavy atom. The summed E-state index contributed by atoms with van der Waals surface area (Å²) in [7, 11) is 2.30. The average Bonchev–Trinajstić information content (AvgIpc) is 3.41. The summed E-state index contributed by atoms with van der Waals surface area (Å²) in [6.07, 6.45) is 14.3. The quantitative estimate of drug-likeness (QED) is 0.187. The number of nitrogens with one attached hydrogen (secondary N) is 1. The number of alkyl carbamates (subject to hydrolysis) is 1. The Balaban J connectivity index is 1.41. The van der Waals surface area contributed by atoms with Crippen LogP contribution in [0.4, 0.5) is 4.79 Å². The molecule has 0 bridgehead atoms. The predicted octanol–water partition coefficient (Wildman–Crippen LogP) is 5.83. The molecule has 2 fully saturated rings. The Morgan fingerprint density at radius 1 is 1.16 bits per heavy atom. The molecule has 5 atom stereocenters. The number of aldehydes is 1. The molecule has 0 radical (unpaired) electrons. The first-order valence-corrected chi connectivity index (χ1v) is 13.7. The highest BCUT2D eigenvalue weighted by Crippen LogP contribution is 2.47. The lowest BCUT2D eigenvalue weighted by Gasteiger charge is -2.21. The molecule has 0 aromatic rings. The lowest BCUT2D eigenvalue weighted by Crippen LogP contribution is -2.39. The third kappa shape index (κ3) is 10.3. The Labute approximate surface area is 200 Å². The fourth-order valence-corrected chi connectivity index (χ4v) is 6.16. The Kier molecular flexibility index (Phi) is 11.6. The second-order valence-corrected chi connectivity index (χ2v) is 12.1. The normalized spacial score (nSPS) is 26.5. The van der Waals surface area contributed by atoms with Crippen LogP contribution in [-0.4, -0.2) is 59.6 Å². The van der Waals surface area contributed by atoms with E-state index < -0.39 is 17.7 Å². The third-order valence-corrected chi connectivity index (χ3v) is 7.97. The third-order valence-electron chi connectivity index (χ3n) is 6.63. The van der Waals surface area contributed by atoms with Gasteiger partial charge in [0.05, 0.1) is 6.04 Å². The van der Waals surface area contributed by atoms with Crippen LogP contribution in [-0.2, 0) is 9.53 Å². The van der Waals surface area contributed by atoms with Gasteiger partial charge in [0.25, 0.3) is 0 Å². The number of unbranched alkanes of at least 4 members (excludes halogenated alkanes) is 6. The molecule has 1 saturated carbocycles. The minimum Gasteiger partial charge on any atom is -0.444 e. The molecule has 184 valence electrons. The van der Waals surface area contributed by atoms with Crippen molar-refractivity contribution in [3.05, 3.63) is 12.7 Å². The molecule has 6 heteroatoms. The van der Waals surface area contributed by atoms with E-state index in [9.17, 15) is 9.59 Å². The number of nitrogens with zero attached hydrogens (tertiary/aromatic N) is 1. The fraction of sp³-hybridized carbons (Fsp3) is 0.846. The molecular formula is C26H46N2O3S. The SMILES string of the molecule is C=C[C@@H]1CC1C1CC(SCCCCCCCCCC(C=O)NC(=O)OC(C)(C)C)CN1C. The number of carbonyl (C=O) groups is 2. The lowest BCUT2D eigenvalue weighted by atomic mass is 10.1. The number of hydrogen-bond acceptors (Lipinski definition) is 5. The molecular weight excluding hydrogens is 420 g/mol. The zero-order chi connectivity index (χ0) is 23.6. The van der Waals surface area contributed by atoms with E-state index >= 15 is 0 Å². The molecule has 1 N–H and O–H groups in total. The van der Waals surface area contributed by atoms with Gasteiger partial charge in [0.2, 0.25) is 0 Å². The Morgan fingerprint density at radius 2 is 1.81 bits per heavy atom. The first-order valence-electron chi connectivity index (χ1n) is 12.6. The fourth-order valence-electron chi connectivity index (χ4n) is 4.79. The van der Waals surface area contributed by atoms with Crippen LogP contribution in [0.25, 0.3) is 0 Å². The minimum atomic E-state index is -0.544. The van der Waals surface area contributed by atoms with E-state index in [1.165, 1.54) is 57.2 Å². The second-order valence-electron chi connectivity index (χ2n) is 10.7. The number of hydrogen-bond donors (Lipinski definition) is 1. The maximum atomic E-state index is 11.8. The van der Waals surface area contributed by atoms with Gasteiger partial charge in [-0.1, -0.05) is 44.6 Å². The number of thioether (sulfide) groups is 1. The summed E-state index contributed by atoms with van der Waals surface area (Å²) in [5.74, 6) is 2.94. The maximum Gasteiger partial charge on any atom is 0.408 e. The van der Waals surface area contributed by atoms with Crippen LogP contribution in [0.1, 0.15) is 85.0 Å². The molecule has 0 aromatic carbocycles. The highest BCUT2D eigenvalue weighted by Gasteiger charge is 2.46. The van der Waals surface area contributed by atoms with Crippen LogP contribution in [0.2, 0.25) is 0 Å². The number of amides is 1. The highest BCUT2D eigenvalue weighted by molar-refractivity contribution is 7.99. The number of rotatable bonds is 15.